The largest absolute Gasteiger partial charge is 0.477 e. The summed E-state index contributed by atoms with van der Waals surface area (Å²) < 4.78 is 5.33. The molecule has 102 valence electrons. The lowest BCUT2D eigenvalue weighted by Crippen LogP contribution is -2.06. The van der Waals surface area contributed by atoms with Gasteiger partial charge in [-0.1, -0.05) is 36.4 Å². The van der Waals surface area contributed by atoms with Crippen LogP contribution in [-0.4, -0.2) is 27.7 Å². The van der Waals surface area contributed by atoms with Crippen LogP contribution in [0.4, 0.5) is 0 Å². The third-order valence-electron chi connectivity index (χ3n) is 2.47. The van der Waals surface area contributed by atoms with Crippen LogP contribution in [0.15, 0.2) is 42.5 Å². The maximum absolute atomic E-state index is 10.9. The molecule has 0 radical (unpaired) electrons. The van der Waals surface area contributed by atoms with E-state index in [-0.39, 0.29) is 18.3 Å². The number of carboxylic acid groups (broad SMARTS) is 1. The first-order valence-corrected chi connectivity index (χ1v) is 6.08. The Morgan fingerprint density at radius 1 is 1.30 bits per heavy atom. The van der Waals surface area contributed by atoms with Crippen molar-refractivity contribution in [1.82, 2.24) is 9.97 Å². The number of benzene rings is 1. The average molecular weight is 270 g/mol. The van der Waals surface area contributed by atoms with Crippen LogP contribution in [0.25, 0.3) is 6.08 Å². The maximum Gasteiger partial charge on any atom is 0.354 e. The number of aryl methyl sites for hydroxylation is 1. The SMILES string of the molecule is Cc1cc(C(=O)O)nc(OC/C=C/c2ccccc2)n1. The highest BCUT2D eigenvalue weighted by molar-refractivity contribution is 5.85. The summed E-state index contributed by atoms with van der Waals surface area (Å²) in [5, 5.41) is 8.89. The summed E-state index contributed by atoms with van der Waals surface area (Å²) in [6.45, 7) is 1.97. The van der Waals surface area contributed by atoms with Crippen molar-refractivity contribution in [3.05, 3.63) is 59.4 Å². The number of rotatable bonds is 5. The zero-order valence-corrected chi connectivity index (χ0v) is 11.0. The van der Waals surface area contributed by atoms with Crippen molar-refractivity contribution in [3.8, 4) is 6.01 Å². The lowest BCUT2D eigenvalue weighted by Gasteiger charge is -2.03. The Morgan fingerprint density at radius 2 is 2.05 bits per heavy atom. The predicted molar refractivity (Wildman–Crippen MR) is 74.7 cm³/mol. The monoisotopic (exact) mass is 270 g/mol. The van der Waals surface area contributed by atoms with Crippen LogP contribution in [0, 0.1) is 6.92 Å². The van der Waals surface area contributed by atoms with Gasteiger partial charge in [0.15, 0.2) is 5.69 Å². The summed E-state index contributed by atoms with van der Waals surface area (Å²) in [6.07, 6.45) is 3.73. The Labute approximate surface area is 116 Å². The van der Waals surface area contributed by atoms with E-state index in [0.717, 1.165) is 5.56 Å². The van der Waals surface area contributed by atoms with E-state index in [1.165, 1.54) is 6.07 Å². The van der Waals surface area contributed by atoms with Crippen LogP contribution in [0.3, 0.4) is 0 Å². The van der Waals surface area contributed by atoms with Gasteiger partial charge in [0.05, 0.1) is 0 Å². The van der Waals surface area contributed by atoms with Gasteiger partial charge in [-0.3, -0.25) is 0 Å². The van der Waals surface area contributed by atoms with Gasteiger partial charge in [0.2, 0.25) is 0 Å². The molecular formula is C15H14N2O3. The van der Waals surface area contributed by atoms with Crippen molar-refractivity contribution in [1.29, 1.82) is 0 Å². The number of nitrogens with zero attached hydrogens (tertiary/aromatic N) is 2. The second-order valence-electron chi connectivity index (χ2n) is 4.11. The topological polar surface area (TPSA) is 72.3 Å². The molecule has 0 spiro atoms. The van der Waals surface area contributed by atoms with Gasteiger partial charge in [-0.05, 0) is 24.6 Å². The van der Waals surface area contributed by atoms with Crippen LogP contribution >= 0.6 is 0 Å². The Morgan fingerprint density at radius 3 is 2.75 bits per heavy atom. The first-order valence-electron chi connectivity index (χ1n) is 6.08. The molecule has 0 aliphatic rings. The minimum atomic E-state index is -1.10. The maximum atomic E-state index is 10.9. The smallest absolute Gasteiger partial charge is 0.354 e. The highest BCUT2D eigenvalue weighted by atomic mass is 16.5. The minimum Gasteiger partial charge on any atom is -0.477 e. The van der Waals surface area contributed by atoms with Gasteiger partial charge in [0.25, 0.3) is 0 Å². The van der Waals surface area contributed by atoms with E-state index >= 15 is 0 Å². The third kappa shape index (κ3) is 3.91. The van der Waals surface area contributed by atoms with Gasteiger partial charge in [0.1, 0.15) is 6.61 Å². The van der Waals surface area contributed by atoms with Crippen LogP contribution in [0.5, 0.6) is 6.01 Å². The summed E-state index contributed by atoms with van der Waals surface area (Å²) in [5.41, 5.74) is 1.55. The van der Waals surface area contributed by atoms with Crippen LogP contribution in [0.2, 0.25) is 0 Å². The molecule has 0 unspecified atom stereocenters. The van der Waals surface area contributed by atoms with Crippen LogP contribution < -0.4 is 4.74 Å². The highest BCUT2D eigenvalue weighted by Crippen LogP contribution is 2.07. The van der Waals surface area contributed by atoms with Gasteiger partial charge in [-0.15, -0.1) is 0 Å². The first kappa shape index (κ1) is 13.7. The van der Waals surface area contributed by atoms with E-state index in [0.29, 0.717) is 5.69 Å². The Hall–Kier alpha value is -2.69. The molecule has 0 bridgehead atoms. The van der Waals surface area contributed by atoms with E-state index in [9.17, 15) is 4.79 Å². The third-order valence-corrected chi connectivity index (χ3v) is 2.47. The molecule has 1 N–H and O–H groups in total. The summed E-state index contributed by atoms with van der Waals surface area (Å²) in [5.74, 6) is -1.10. The fraction of sp³-hybridized carbons (Fsp3) is 0.133. The Kier molecular flexibility index (Phi) is 4.44. The molecular weight excluding hydrogens is 256 g/mol. The zero-order valence-electron chi connectivity index (χ0n) is 11.0. The van der Waals surface area contributed by atoms with Gasteiger partial charge >= 0.3 is 12.0 Å². The summed E-state index contributed by atoms with van der Waals surface area (Å²) in [7, 11) is 0. The van der Waals surface area contributed by atoms with Gasteiger partial charge in [0, 0.05) is 5.69 Å². The van der Waals surface area contributed by atoms with Crippen molar-refractivity contribution in [2.24, 2.45) is 0 Å². The van der Waals surface area contributed by atoms with Gasteiger partial charge in [-0.25, -0.2) is 9.78 Å². The first-order chi connectivity index (χ1) is 9.65. The molecule has 0 aliphatic carbocycles. The zero-order chi connectivity index (χ0) is 14.4. The molecule has 2 aromatic rings. The molecule has 5 nitrogen and oxygen atoms in total. The van der Waals surface area contributed by atoms with E-state index in [1.807, 2.05) is 42.5 Å². The molecule has 2 rings (SSSR count). The van der Waals surface area contributed by atoms with E-state index in [4.69, 9.17) is 9.84 Å². The molecule has 1 aromatic heterocycles. The number of ether oxygens (including phenoxy) is 1. The minimum absolute atomic E-state index is 0.0695. The number of aromatic carboxylic acids is 1. The normalized spacial score (nSPS) is 10.7. The lowest BCUT2D eigenvalue weighted by molar-refractivity contribution is 0.0688. The van der Waals surface area contributed by atoms with Crippen molar-refractivity contribution in [2.45, 2.75) is 6.92 Å². The van der Waals surface area contributed by atoms with Crippen LogP contribution in [0.1, 0.15) is 21.7 Å². The van der Waals surface area contributed by atoms with Gasteiger partial charge in [-0.2, -0.15) is 4.98 Å². The van der Waals surface area contributed by atoms with Crippen molar-refractivity contribution >= 4 is 12.0 Å². The van der Waals surface area contributed by atoms with Gasteiger partial charge < -0.3 is 9.84 Å². The van der Waals surface area contributed by atoms with E-state index in [1.54, 1.807) is 6.92 Å². The van der Waals surface area contributed by atoms with E-state index < -0.39 is 5.97 Å². The summed E-state index contributed by atoms with van der Waals surface area (Å²) in [4.78, 5) is 18.7. The molecule has 0 saturated carbocycles. The number of aromatic nitrogens is 2. The van der Waals surface area contributed by atoms with Crippen molar-refractivity contribution < 1.29 is 14.6 Å². The fourth-order valence-corrected chi connectivity index (χ4v) is 1.59. The van der Waals surface area contributed by atoms with Crippen molar-refractivity contribution in [3.63, 3.8) is 0 Å². The lowest BCUT2D eigenvalue weighted by atomic mass is 10.2. The molecule has 0 fully saturated rings. The summed E-state index contributed by atoms with van der Waals surface area (Å²) >= 11 is 0. The quantitative estimate of drug-likeness (QED) is 0.904. The average Bonchev–Trinajstić information content (AvgIpc) is 2.44. The van der Waals surface area contributed by atoms with Crippen molar-refractivity contribution in [2.75, 3.05) is 6.61 Å². The second-order valence-corrected chi connectivity index (χ2v) is 4.11. The molecule has 5 heteroatoms. The van der Waals surface area contributed by atoms with E-state index in [2.05, 4.69) is 9.97 Å². The number of hydrogen-bond acceptors (Lipinski definition) is 4. The summed E-state index contributed by atoms with van der Waals surface area (Å²) in [6, 6.07) is 11.3. The Balaban J connectivity index is 1.97. The molecule has 0 amide bonds. The second kappa shape index (κ2) is 6.47. The molecule has 20 heavy (non-hydrogen) atoms. The predicted octanol–water partition coefficient (Wildman–Crippen LogP) is 2.58. The fourth-order valence-electron chi connectivity index (χ4n) is 1.59. The molecule has 0 aliphatic heterocycles. The molecule has 1 aromatic carbocycles. The molecule has 1 heterocycles. The Bertz CT molecular complexity index is 624. The standard InChI is InChI=1S/C15H14N2O3/c1-11-10-13(14(18)19)17-15(16-11)20-9-5-8-12-6-3-2-4-7-12/h2-8,10H,9H2,1H3,(H,18,19)/b8-5+. The number of carboxylic acids is 1. The van der Waals surface area contributed by atoms with Crippen LogP contribution in [-0.2, 0) is 0 Å². The molecule has 0 atom stereocenters. The number of carbonyl (C=O) groups is 1. The molecule has 0 saturated heterocycles. The number of hydrogen-bond donors (Lipinski definition) is 1. The highest BCUT2D eigenvalue weighted by Gasteiger charge is 2.08.